The van der Waals surface area contributed by atoms with Crippen molar-refractivity contribution in [3.05, 3.63) is 120 Å². The van der Waals surface area contributed by atoms with Crippen molar-refractivity contribution in [1.29, 1.82) is 0 Å². The molecule has 0 saturated heterocycles. The normalized spacial score (nSPS) is 9.69. The average molecular weight is 425 g/mol. The van der Waals surface area contributed by atoms with Crippen LogP contribution in [0.25, 0.3) is 22.3 Å². The van der Waals surface area contributed by atoms with Crippen LogP contribution in [0, 0.1) is 0 Å². The highest BCUT2D eigenvalue weighted by Crippen LogP contribution is 2.25. The van der Waals surface area contributed by atoms with Gasteiger partial charge in [-0.2, -0.15) is 0 Å². The van der Waals surface area contributed by atoms with E-state index >= 15 is 0 Å². The van der Waals surface area contributed by atoms with Crippen LogP contribution in [0.4, 0.5) is 0 Å². The van der Waals surface area contributed by atoms with Gasteiger partial charge in [-0.15, -0.1) is 0 Å². The summed E-state index contributed by atoms with van der Waals surface area (Å²) in [6.45, 7) is 4.00. The molecule has 3 heteroatoms. The Kier molecular flexibility index (Phi) is 8.67. The highest BCUT2D eigenvalue weighted by atomic mass is 16.4. The lowest BCUT2D eigenvalue weighted by molar-refractivity contribution is 0.0693. The van der Waals surface area contributed by atoms with E-state index in [9.17, 15) is 14.7 Å². The lowest BCUT2D eigenvalue weighted by atomic mass is 9.96. The van der Waals surface area contributed by atoms with E-state index in [0.29, 0.717) is 5.56 Å². The predicted octanol–water partition coefficient (Wildman–Crippen LogP) is 7.61. The highest BCUT2D eigenvalue weighted by molar-refractivity contribution is 6.14. The van der Waals surface area contributed by atoms with Gasteiger partial charge in [-0.25, -0.2) is 4.79 Å². The molecule has 0 amide bonds. The molecular weight excluding hydrogens is 396 g/mol. The van der Waals surface area contributed by atoms with Crippen LogP contribution in [-0.4, -0.2) is 16.9 Å². The van der Waals surface area contributed by atoms with Gasteiger partial charge >= 0.3 is 5.97 Å². The minimum absolute atomic E-state index is 0. The van der Waals surface area contributed by atoms with Crippen molar-refractivity contribution in [3.8, 4) is 22.3 Å². The second-order valence-electron chi connectivity index (χ2n) is 6.70. The summed E-state index contributed by atoms with van der Waals surface area (Å²) in [6, 6.07) is 31.9. The summed E-state index contributed by atoms with van der Waals surface area (Å²) in [5.74, 6) is -1.40. The van der Waals surface area contributed by atoms with Crippen LogP contribution >= 0.6 is 0 Å². The summed E-state index contributed by atoms with van der Waals surface area (Å²) in [7, 11) is 0. The van der Waals surface area contributed by atoms with Crippen molar-refractivity contribution in [3.63, 3.8) is 0 Å². The monoisotopic (exact) mass is 424 g/mol. The molecule has 32 heavy (non-hydrogen) atoms. The van der Waals surface area contributed by atoms with Gasteiger partial charge in [0.1, 0.15) is 0 Å². The van der Waals surface area contributed by atoms with Crippen LogP contribution in [0.3, 0.4) is 0 Å². The number of carbonyl (C=O) groups is 2. The largest absolute Gasteiger partial charge is 0.478 e. The molecule has 4 aromatic rings. The van der Waals surface area contributed by atoms with Gasteiger partial charge < -0.3 is 5.11 Å². The van der Waals surface area contributed by atoms with Crippen LogP contribution in [0.15, 0.2) is 103 Å². The number of hydrogen-bond acceptors (Lipinski definition) is 2. The first-order valence-corrected chi connectivity index (χ1v) is 10.3. The Balaban J connectivity index is 0.00000118. The van der Waals surface area contributed by atoms with E-state index in [2.05, 4.69) is 36.4 Å². The second-order valence-corrected chi connectivity index (χ2v) is 6.70. The standard InChI is InChI=1S/C26H18O3.C2H6.CH4/c27-25(23-8-4-5-9-24(23)26(28)29)22-16-14-21(15-17-22)20-12-10-19(11-13-20)18-6-2-1-3-7-18;1-2;/h1-17H,(H,28,29);1-2H3;1H4. The topological polar surface area (TPSA) is 54.4 Å². The van der Waals surface area contributed by atoms with Crippen molar-refractivity contribution >= 4 is 11.8 Å². The van der Waals surface area contributed by atoms with E-state index in [1.165, 1.54) is 6.07 Å². The molecule has 4 rings (SSSR count). The quantitative estimate of drug-likeness (QED) is 0.335. The van der Waals surface area contributed by atoms with Crippen LogP contribution in [-0.2, 0) is 0 Å². The SMILES string of the molecule is C.CC.O=C(O)c1ccccc1C(=O)c1ccc(-c2ccc(-c3ccccc3)cc2)cc1. The molecule has 3 nitrogen and oxygen atoms in total. The maximum Gasteiger partial charge on any atom is 0.336 e. The molecule has 0 atom stereocenters. The Labute approximate surface area is 190 Å². The molecule has 0 heterocycles. The molecule has 0 aliphatic carbocycles. The smallest absolute Gasteiger partial charge is 0.336 e. The Bertz CT molecular complexity index is 1160. The van der Waals surface area contributed by atoms with Crippen molar-refractivity contribution in [2.75, 3.05) is 0 Å². The van der Waals surface area contributed by atoms with Gasteiger partial charge in [0.05, 0.1) is 5.56 Å². The van der Waals surface area contributed by atoms with Gasteiger partial charge in [-0.1, -0.05) is 118 Å². The molecule has 0 aliphatic rings. The molecule has 162 valence electrons. The fourth-order valence-corrected chi connectivity index (χ4v) is 3.32. The summed E-state index contributed by atoms with van der Waals surface area (Å²) >= 11 is 0. The van der Waals surface area contributed by atoms with E-state index < -0.39 is 5.97 Å². The van der Waals surface area contributed by atoms with Crippen molar-refractivity contribution < 1.29 is 14.7 Å². The molecule has 0 unspecified atom stereocenters. The Morgan fingerprint density at radius 2 is 0.906 bits per heavy atom. The molecule has 0 aromatic heterocycles. The summed E-state index contributed by atoms with van der Waals surface area (Å²) in [5, 5.41) is 9.31. The van der Waals surface area contributed by atoms with Crippen LogP contribution in [0.1, 0.15) is 47.6 Å². The van der Waals surface area contributed by atoms with E-state index in [-0.39, 0.29) is 24.3 Å². The minimum atomic E-state index is -1.11. The average Bonchev–Trinajstić information content (AvgIpc) is 2.85. The van der Waals surface area contributed by atoms with Gasteiger partial charge in [0.15, 0.2) is 5.78 Å². The zero-order valence-corrected chi connectivity index (χ0v) is 17.6. The Morgan fingerprint density at radius 1 is 0.531 bits per heavy atom. The number of benzene rings is 4. The van der Waals surface area contributed by atoms with Crippen LogP contribution in [0.2, 0.25) is 0 Å². The first-order valence-electron chi connectivity index (χ1n) is 10.3. The van der Waals surface area contributed by atoms with E-state index in [0.717, 1.165) is 22.3 Å². The number of hydrogen-bond donors (Lipinski definition) is 1. The lowest BCUT2D eigenvalue weighted by Crippen LogP contribution is -2.09. The molecule has 0 fully saturated rings. The first kappa shape index (κ1) is 24.3. The molecule has 0 saturated carbocycles. The Morgan fingerprint density at radius 3 is 1.38 bits per heavy atom. The molecule has 0 bridgehead atoms. The third-order valence-electron chi connectivity index (χ3n) is 4.87. The zero-order chi connectivity index (χ0) is 22.2. The third kappa shape index (κ3) is 5.38. The fraction of sp³-hybridized carbons (Fsp3) is 0.103. The van der Waals surface area contributed by atoms with Gasteiger partial charge in [-0.05, 0) is 28.3 Å². The predicted molar refractivity (Wildman–Crippen MR) is 132 cm³/mol. The molecule has 0 spiro atoms. The van der Waals surface area contributed by atoms with Crippen molar-refractivity contribution in [2.24, 2.45) is 0 Å². The zero-order valence-electron chi connectivity index (χ0n) is 17.6. The van der Waals surface area contributed by atoms with Crippen molar-refractivity contribution in [1.82, 2.24) is 0 Å². The van der Waals surface area contributed by atoms with Gasteiger partial charge in [0, 0.05) is 11.1 Å². The van der Waals surface area contributed by atoms with Crippen molar-refractivity contribution in [2.45, 2.75) is 21.3 Å². The number of rotatable bonds is 5. The fourth-order valence-electron chi connectivity index (χ4n) is 3.32. The molecule has 0 radical (unpaired) electrons. The van der Waals surface area contributed by atoms with E-state index in [1.54, 1.807) is 30.3 Å². The van der Waals surface area contributed by atoms with Gasteiger partial charge in [0.2, 0.25) is 0 Å². The summed E-state index contributed by atoms with van der Waals surface area (Å²) in [5.41, 5.74) is 5.02. The van der Waals surface area contributed by atoms with Crippen LogP contribution in [0.5, 0.6) is 0 Å². The number of aromatic carboxylic acids is 1. The number of carboxylic acids is 1. The van der Waals surface area contributed by atoms with E-state index in [4.69, 9.17) is 0 Å². The molecule has 0 aliphatic heterocycles. The minimum Gasteiger partial charge on any atom is -0.478 e. The second kappa shape index (κ2) is 11.4. The first-order chi connectivity index (χ1) is 15.1. The van der Waals surface area contributed by atoms with Gasteiger partial charge in [0.25, 0.3) is 0 Å². The molecule has 4 aromatic carbocycles. The third-order valence-corrected chi connectivity index (χ3v) is 4.87. The molecular formula is C29H28O3. The van der Waals surface area contributed by atoms with Crippen LogP contribution < -0.4 is 0 Å². The summed E-state index contributed by atoms with van der Waals surface area (Å²) < 4.78 is 0. The summed E-state index contributed by atoms with van der Waals surface area (Å²) in [4.78, 5) is 24.1. The highest BCUT2D eigenvalue weighted by Gasteiger charge is 2.17. The lowest BCUT2D eigenvalue weighted by Gasteiger charge is -2.08. The number of carbonyl (C=O) groups excluding carboxylic acids is 1. The number of carboxylic acid groups (broad SMARTS) is 1. The summed E-state index contributed by atoms with van der Waals surface area (Å²) in [6.07, 6.45) is 0. The Hall–Kier alpha value is -3.98. The molecule has 1 N–H and O–H groups in total. The maximum absolute atomic E-state index is 12.8. The van der Waals surface area contributed by atoms with E-state index in [1.807, 2.05) is 44.2 Å². The maximum atomic E-state index is 12.8. The van der Waals surface area contributed by atoms with Gasteiger partial charge in [-0.3, -0.25) is 4.79 Å². The number of ketones is 1.